The molecule has 7 heteroatoms. The zero-order valence-electron chi connectivity index (χ0n) is 22.1. The molecule has 2 N–H and O–H groups in total. The third-order valence-electron chi connectivity index (χ3n) is 6.92. The number of aryl methyl sites for hydroxylation is 1. The van der Waals surface area contributed by atoms with Crippen LogP contribution in [-0.2, 0) is 16.2 Å². The molecular formula is C31H34N2O5. The van der Waals surface area contributed by atoms with Crippen LogP contribution in [0.25, 0.3) is 5.76 Å². The average molecular weight is 515 g/mol. The highest BCUT2D eigenvalue weighted by molar-refractivity contribution is 6.46. The van der Waals surface area contributed by atoms with Gasteiger partial charge in [-0.2, -0.15) is 0 Å². The third kappa shape index (κ3) is 5.89. The number of aliphatic hydroxyl groups excluding tert-OH is 1. The minimum atomic E-state index is -0.761. The third-order valence-corrected chi connectivity index (χ3v) is 6.92. The Kier molecular flexibility index (Phi) is 8.48. The maximum absolute atomic E-state index is 13.2. The zero-order valence-corrected chi connectivity index (χ0v) is 22.1. The number of benzene rings is 3. The van der Waals surface area contributed by atoms with Gasteiger partial charge < -0.3 is 24.7 Å². The maximum atomic E-state index is 13.2. The Morgan fingerprint density at radius 1 is 0.974 bits per heavy atom. The van der Waals surface area contributed by atoms with E-state index in [4.69, 9.17) is 4.74 Å². The monoisotopic (exact) mass is 514 g/mol. The fraction of sp³-hybridized carbons (Fsp3) is 0.290. The van der Waals surface area contributed by atoms with Crippen molar-refractivity contribution in [3.05, 3.63) is 101 Å². The van der Waals surface area contributed by atoms with Gasteiger partial charge in [0, 0.05) is 18.7 Å². The standard InChI is InChI=1S/C31H34N2O5/c1-4-32(5-2)17-18-33-28(23-9-13-25(34)14-10-23)27(30(36)31(33)37)29(35)24-11-15-26(16-12-24)38-20-22-8-6-7-21(3)19-22/h6-16,19,28,34-35H,4-5,17-18,20H2,1-3H3/b29-27-. The highest BCUT2D eigenvalue weighted by Crippen LogP contribution is 2.39. The summed E-state index contributed by atoms with van der Waals surface area (Å²) in [4.78, 5) is 30.0. The minimum Gasteiger partial charge on any atom is -0.508 e. The normalized spacial score (nSPS) is 16.8. The summed E-state index contributed by atoms with van der Waals surface area (Å²) in [6, 6.07) is 20.5. The Hall–Kier alpha value is -4.10. The van der Waals surface area contributed by atoms with E-state index in [0.29, 0.717) is 36.6 Å². The van der Waals surface area contributed by atoms with Crippen molar-refractivity contribution in [1.82, 2.24) is 9.80 Å². The van der Waals surface area contributed by atoms with Gasteiger partial charge in [0.2, 0.25) is 0 Å². The molecule has 38 heavy (non-hydrogen) atoms. The van der Waals surface area contributed by atoms with E-state index in [1.54, 1.807) is 36.4 Å². The summed E-state index contributed by atoms with van der Waals surface area (Å²) in [5.74, 6) is -0.903. The molecule has 3 aromatic carbocycles. The number of ether oxygens (including phenoxy) is 1. The Bertz CT molecular complexity index is 1310. The number of likely N-dealkylation sites (N-methyl/N-ethyl adjacent to an activating group) is 1. The summed E-state index contributed by atoms with van der Waals surface area (Å²) >= 11 is 0. The van der Waals surface area contributed by atoms with E-state index in [1.165, 1.54) is 17.0 Å². The number of carbonyl (C=O) groups is 2. The van der Waals surface area contributed by atoms with Crippen LogP contribution in [0.2, 0.25) is 0 Å². The molecule has 1 unspecified atom stereocenters. The number of aliphatic hydroxyl groups is 1. The zero-order chi connectivity index (χ0) is 27.2. The van der Waals surface area contributed by atoms with Crippen molar-refractivity contribution >= 4 is 17.4 Å². The van der Waals surface area contributed by atoms with E-state index in [2.05, 4.69) is 11.0 Å². The number of aromatic hydroxyl groups is 1. The number of Topliss-reactive ketones (excluding diaryl/α,β-unsaturated/α-hetero) is 1. The number of nitrogens with zero attached hydrogens (tertiary/aromatic N) is 2. The van der Waals surface area contributed by atoms with Crippen molar-refractivity contribution < 1.29 is 24.5 Å². The van der Waals surface area contributed by atoms with E-state index in [0.717, 1.165) is 24.2 Å². The summed E-state index contributed by atoms with van der Waals surface area (Å²) in [5.41, 5.74) is 3.30. The van der Waals surface area contributed by atoms with Gasteiger partial charge in [0.15, 0.2) is 0 Å². The van der Waals surface area contributed by atoms with Gasteiger partial charge in [-0.25, -0.2) is 0 Å². The van der Waals surface area contributed by atoms with E-state index >= 15 is 0 Å². The summed E-state index contributed by atoms with van der Waals surface area (Å²) in [7, 11) is 0. The first-order valence-electron chi connectivity index (χ1n) is 12.9. The Balaban J connectivity index is 1.63. The van der Waals surface area contributed by atoms with Crippen molar-refractivity contribution in [2.24, 2.45) is 0 Å². The molecule has 0 saturated carbocycles. The number of carbonyl (C=O) groups excluding carboxylic acids is 2. The number of amides is 1. The molecule has 0 aromatic heterocycles. The Labute approximate surface area is 223 Å². The lowest BCUT2D eigenvalue weighted by atomic mass is 9.95. The van der Waals surface area contributed by atoms with Crippen molar-refractivity contribution in [2.75, 3.05) is 26.2 Å². The second-order valence-electron chi connectivity index (χ2n) is 9.41. The van der Waals surface area contributed by atoms with Crippen LogP contribution in [0.15, 0.2) is 78.4 Å². The number of ketones is 1. The molecule has 4 rings (SSSR count). The molecule has 198 valence electrons. The molecule has 1 heterocycles. The molecule has 1 atom stereocenters. The van der Waals surface area contributed by atoms with Gasteiger partial charge >= 0.3 is 0 Å². The molecule has 0 bridgehead atoms. The molecule has 1 amide bonds. The second-order valence-corrected chi connectivity index (χ2v) is 9.41. The summed E-state index contributed by atoms with van der Waals surface area (Å²) in [6.45, 7) is 9.10. The van der Waals surface area contributed by atoms with Crippen molar-refractivity contribution in [3.63, 3.8) is 0 Å². The summed E-state index contributed by atoms with van der Waals surface area (Å²) < 4.78 is 5.88. The van der Waals surface area contributed by atoms with E-state index in [9.17, 15) is 19.8 Å². The fourth-order valence-electron chi connectivity index (χ4n) is 4.74. The highest BCUT2D eigenvalue weighted by atomic mass is 16.5. The Morgan fingerprint density at radius 2 is 1.66 bits per heavy atom. The topological polar surface area (TPSA) is 90.3 Å². The van der Waals surface area contributed by atoms with Crippen LogP contribution in [0.4, 0.5) is 0 Å². The lowest BCUT2D eigenvalue weighted by Gasteiger charge is -2.28. The first-order valence-corrected chi connectivity index (χ1v) is 12.9. The maximum Gasteiger partial charge on any atom is 0.295 e. The molecule has 0 radical (unpaired) electrons. The van der Waals surface area contributed by atoms with Crippen LogP contribution < -0.4 is 4.74 Å². The fourth-order valence-corrected chi connectivity index (χ4v) is 4.74. The van der Waals surface area contributed by atoms with Crippen LogP contribution in [0.3, 0.4) is 0 Å². The smallest absolute Gasteiger partial charge is 0.295 e. The van der Waals surface area contributed by atoms with Crippen LogP contribution in [0.5, 0.6) is 11.5 Å². The molecule has 1 aliphatic rings. The SMILES string of the molecule is CCN(CC)CCN1C(=O)C(=O)/C(=C(\O)c2ccc(OCc3cccc(C)c3)cc2)C1c1ccc(O)cc1. The molecule has 3 aromatic rings. The second kappa shape index (κ2) is 12.0. The van der Waals surface area contributed by atoms with E-state index < -0.39 is 17.7 Å². The highest BCUT2D eigenvalue weighted by Gasteiger charge is 2.45. The molecule has 0 spiro atoms. The van der Waals surface area contributed by atoms with Crippen LogP contribution in [0, 0.1) is 6.92 Å². The molecule has 0 aliphatic carbocycles. The van der Waals surface area contributed by atoms with Crippen LogP contribution >= 0.6 is 0 Å². The number of rotatable bonds is 10. The summed E-state index contributed by atoms with van der Waals surface area (Å²) in [5, 5.41) is 21.1. The van der Waals surface area contributed by atoms with Gasteiger partial charge in [0.1, 0.15) is 23.9 Å². The quantitative estimate of drug-likeness (QED) is 0.224. The molecule has 1 fully saturated rings. The largest absolute Gasteiger partial charge is 0.508 e. The Morgan fingerprint density at radius 3 is 2.29 bits per heavy atom. The van der Waals surface area contributed by atoms with Gasteiger partial charge in [-0.1, -0.05) is 55.8 Å². The number of phenols is 1. The van der Waals surface area contributed by atoms with Crippen molar-refractivity contribution in [2.45, 2.75) is 33.4 Å². The van der Waals surface area contributed by atoms with Gasteiger partial charge in [0.25, 0.3) is 11.7 Å². The predicted octanol–water partition coefficient (Wildman–Crippen LogP) is 5.04. The number of likely N-dealkylation sites (tertiary alicyclic amines) is 1. The lowest BCUT2D eigenvalue weighted by Crippen LogP contribution is -2.38. The number of hydrogen-bond acceptors (Lipinski definition) is 6. The molecular weight excluding hydrogens is 480 g/mol. The molecule has 1 aliphatic heterocycles. The average Bonchev–Trinajstić information content (AvgIpc) is 3.18. The molecule has 7 nitrogen and oxygen atoms in total. The number of hydrogen-bond donors (Lipinski definition) is 2. The summed E-state index contributed by atoms with van der Waals surface area (Å²) in [6.07, 6.45) is 0. The van der Waals surface area contributed by atoms with Crippen molar-refractivity contribution in [1.29, 1.82) is 0 Å². The predicted molar refractivity (Wildman–Crippen MR) is 147 cm³/mol. The minimum absolute atomic E-state index is 0.0358. The van der Waals surface area contributed by atoms with Gasteiger partial charge in [0.05, 0.1) is 11.6 Å². The molecule has 1 saturated heterocycles. The van der Waals surface area contributed by atoms with Gasteiger partial charge in [-0.15, -0.1) is 0 Å². The first-order chi connectivity index (χ1) is 18.3. The number of phenolic OH excluding ortho intramolecular Hbond substituents is 1. The van der Waals surface area contributed by atoms with Gasteiger partial charge in [-0.05, 0) is 67.5 Å². The van der Waals surface area contributed by atoms with Crippen LogP contribution in [0.1, 0.15) is 42.1 Å². The van der Waals surface area contributed by atoms with Gasteiger partial charge in [-0.3, -0.25) is 9.59 Å². The van der Waals surface area contributed by atoms with E-state index in [-0.39, 0.29) is 17.1 Å². The van der Waals surface area contributed by atoms with E-state index in [1.807, 2.05) is 39.0 Å². The first kappa shape index (κ1) is 26.9. The lowest BCUT2D eigenvalue weighted by molar-refractivity contribution is -0.140. The van der Waals surface area contributed by atoms with Crippen molar-refractivity contribution in [3.8, 4) is 11.5 Å². The van der Waals surface area contributed by atoms with Crippen LogP contribution in [-0.4, -0.2) is 57.9 Å².